The van der Waals surface area contributed by atoms with Gasteiger partial charge in [-0.25, -0.2) is 0 Å². The second-order valence-electron chi connectivity index (χ2n) is 3.10. The van der Waals surface area contributed by atoms with E-state index in [0.717, 1.165) is 5.56 Å². The third kappa shape index (κ3) is 2.65. The lowest BCUT2D eigenvalue weighted by molar-refractivity contribution is 0.265. The summed E-state index contributed by atoms with van der Waals surface area (Å²) in [6.45, 7) is 3.69. The number of nitrogens with two attached hydrogens (primary N) is 1. The van der Waals surface area contributed by atoms with Crippen molar-refractivity contribution in [2.24, 2.45) is 10.9 Å². The molecule has 4 nitrogen and oxygen atoms in total. The van der Waals surface area contributed by atoms with Crippen LogP contribution in [0.25, 0.3) is 0 Å². The van der Waals surface area contributed by atoms with Gasteiger partial charge in [0, 0.05) is 0 Å². The van der Waals surface area contributed by atoms with Crippen LogP contribution in [0.1, 0.15) is 12.5 Å². The molecule has 3 N–H and O–H groups in total. The molecule has 76 valence electrons. The first kappa shape index (κ1) is 10.4. The number of ether oxygens (including phenoxy) is 1. The summed E-state index contributed by atoms with van der Waals surface area (Å²) in [4.78, 5) is 0. The fourth-order valence-corrected chi connectivity index (χ4v) is 1.03. The van der Waals surface area contributed by atoms with Gasteiger partial charge >= 0.3 is 0 Å². The Bertz CT molecular complexity index is 337. The molecule has 0 heterocycles. The van der Waals surface area contributed by atoms with Crippen molar-refractivity contribution in [3.8, 4) is 5.75 Å². The highest BCUT2D eigenvalue weighted by atomic mass is 16.5. The molecule has 1 aromatic carbocycles. The van der Waals surface area contributed by atoms with Crippen molar-refractivity contribution in [3.63, 3.8) is 0 Å². The zero-order valence-electron chi connectivity index (χ0n) is 8.27. The van der Waals surface area contributed by atoms with Gasteiger partial charge in [0.25, 0.3) is 0 Å². The van der Waals surface area contributed by atoms with E-state index in [-0.39, 0.29) is 5.84 Å². The summed E-state index contributed by atoms with van der Waals surface area (Å²) < 4.78 is 5.43. The van der Waals surface area contributed by atoms with E-state index in [1.165, 1.54) is 0 Å². The van der Waals surface area contributed by atoms with Crippen LogP contribution in [0, 0.1) is 6.92 Å². The number of aryl methyl sites for hydroxylation is 1. The van der Waals surface area contributed by atoms with E-state index >= 15 is 0 Å². The van der Waals surface area contributed by atoms with E-state index in [1.54, 1.807) is 6.92 Å². The predicted molar refractivity (Wildman–Crippen MR) is 54.7 cm³/mol. The maximum absolute atomic E-state index is 8.42. The highest BCUT2D eigenvalue weighted by molar-refractivity contribution is 5.84. The lowest BCUT2D eigenvalue weighted by atomic mass is 10.2. The first-order valence-electron chi connectivity index (χ1n) is 4.34. The average molecular weight is 194 g/mol. The summed E-state index contributed by atoms with van der Waals surface area (Å²) >= 11 is 0. The molecule has 0 saturated carbocycles. The van der Waals surface area contributed by atoms with E-state index in [4.69, 9.17) is 15.7 Å². The van der Waals surface area contributed by atoms with E-state index in [2.05, 4.69) is 5.16 Å². The molecular formula is C10H14N2O2. The Hall–Kier alpha value is -1.71. The monoisotopic (exact) mass is 194 g/mol. The Kier molecular flexibility index (Phi) is 3.34. The van der Waals surface area contributed by atoms with Gasteiger partial charge in [-0.2, -0.15) is 0 Å². The van der Waals surface area contributed by atoms with Gasteiger partial charge in [-0.1, -0.05) is 17.3 Å². The fourth-order valence-electron chi connectivity index (χ4n) is 1.03. The van der Waals surface area contributed by atoms with Crippen LogP contribution in [0.4, 0.5) is 0 Å². The first-order valence-corrected chi connectivity index (χ1v) is 4.34. The van der Waals surface area contributed by atoms with Crippen molar-refractivity contribution in [3.05, 3.63) is 29.8 Å². The summed E-state index contributed by atoms with van der Waals surface area (Å²) in [5.74, 6) is 0.774. The number of rotatable bonds is 3. The summed E-state index contributed by atoms with van der Waals surface area (Å²) in [5.41, 5.74) is 6.48. The van der Waals surface area contributed by atoms with Crippen LogP contribution in [-0.4, -0.2) is 17.1 Å². The molecule has 1 unspecified atom stereocenters. The second-order valence-corrected chi connectivity index (χ2v) is 3.10. The summed E-state index contributed by atoms with van der Waals surface area (Å²) in [5, 5.41) is 11.3. The number of hydrogen-bond donors (Lipinski definition) is 2. The van der Waals surface area contributed by atoms with Gasteiger partial charge in [0.05, 0.1) is 0 Å². The number of amidine groups is 1. The van der Waals surface area contributed by atoms with E-state index in [9.17, 15) is 0 Å². The van der Waals surface area contributed by atoms with Crippen LogP contribution in [0.5, 0.6) is 5.75 Å². The maximum Gasteiger partial charge on any atom is 0.180 e. The molecule has 1 aromatic rings. The zero-order valence-corrected chi connectivity index (χ0v) is 8.27. The number of oxime groups is 1. The average Bonchev–Trinajstić information content (AvgIpc) is 2.16. The predicted octanol–water partition coefficient (Wildman–Crippen LogP) is 1.51. The molecule has 0 aliphatic heterocycles. The Balaban J connectivity index is 2.69. The molecule has 0 fully saturated rings. The largest absolute Gasteiger partial charge is 0.483 e. The lowest BCUT2D eigenvalue weighted by Gasteiger charge is -2.13. The van der Waals surface area contributed by atoms with E-state index < -0.39 is 6.10 Å². The molecule has 0 spiro atoms. The van der Waals surface area contributed by atoms with Crippen LogP contribution < -0.4 is 10.5 Å². The van der Waals surface area contributed by atoms with E-state index in [0.29, 0.717) is 5.75 Å². The Labute approximate surface area is 83.0 Å². The molecule has 0 saturated heterocycles. The molecular weight excluding hydrogens is 180 g/mol. The SMILES string of the molecule is Cc1cccc(OC(C)/C(N)=N/O)c1. The van der Waals surface area contributed by atoms with Gasteiger partial charge < -0.3 is 15.7 Å². The normalized spacial score (nSPS) is 13.7. The van der Waals surface area contributed by atoms with Gasteiger partial charge in [-0.3, -0.25) is 0 Å². The number of nitrogens with zero attached hydrogens (tertiary/aromatic N) is 1. The quantitative estimate of drug-likeness (QED) is 0.331. The van der Waals surface area contributed by atoms with Crippen LogP contribution in [-0.2, 0) is 0 Å². The van der Waals surface area contributed by atoms with Crippen molar-refractivity contribution in [1.82, 2.24) is 0 Å². The molecule has 4 heteroatoms. The standard InChI is InChI=1S/C10H14N2O2/c1-7-4-3-5-9(6-7)14-8(2)10(11)12-13/h3-6,8,13H,1-2H3,(H2,11,12). The minimum absolute atomic E-state index is 0.0616. The highest BCUT2D eigenvalue weighted by Gasteiger charge is 2.08. The third-order valence-corrected chi connectivity index (χ3v) is 1.83. The van der Waals surface area contributed by atoms with Crippen molar-refractivity contribution in [1.29, 1.82) is 0 Å². The molecule has 14 heavy (non-hydrogen) atoms. The highest BCUT2D eigenvalue weighted by Crippen LogP contribution is 2.13. The van der Waals surface area contributed by atoms with Crippen LogP contribution in [0.3, 0.4) is 0 Å². The maximum atomic E-state index is 8.42. The van der Waals surface area contributed by atoms with Crippen molar-refractivity contribution < 1.29 is 9.94 Å². The Morgan fingerprint density at radius 3 is 2.86 bits per heavy atom. The molecule has 0 aliphatic rings. The Morgan fingerprint density at radius 2 is 2.29 bits per heavy atom. The number of hydrogen-bond acceptors (Lipinski definition) is 3. The Morgan fingerprint density at radius 1 is 1.57 bits per heavy atom. The van der Waals surface area contributed by atoms with Gasteiger partial charge in [-0.05, 0) is 31.5 Å². The fraction of sp³-hybridized carbons (Fsp3) is 0.300. The summed E-state index contributed by atoms with van der Waals surface area (Å²) in [7, 11) is 0. The molecule has 1 atom stereocenters. The van der Waals surface area contributed by atoms with Crippen molar-refractivity contribution in [2.75, 3.05) is 0 Å². The minimum atomic E-state index is -0.429. The smallest absolute Gasteiger partial charge is 0.180 e. The second kappa shape index (κ2) is 4.50. The van der Waals surface area contributed by atoms with Gasteiger partial charge in [0.15, 0.2) is 11.9 Å². The van der Waals surface area contributed by atoms with Crippen LogP contribution in [0.2, 0.25) is 0 Å². The van der Waals surface area contributed by atoms with Gasteiger partial charge in [-0.15, -0.1) is 0 Å². The molecule has 0 bridgehead atoms. The first-order chi connectivity index (χ1) is 6.63. The molecule has 0 radical (unpaired) electrons. The van der Waals surface area contributed by atoms with Crippen LogP contribution in [0.15, 0.2) is 29.4 Å². The summed E-state index contributed by atoms with van der Waals surface area (Å²) in [6.07, 6.45) is -0.429. The molecule has 1 rings (SSSR count). The molecule has 0 amide bonds. The van der Waals surface area contributed by atoms with Crippen molar-refractivity contribution in [2.45, 2.75) is 20.0 Å². The van der Waals surface area contributed by atoms with E-state index in [1.807, 2.05) is 31.2 Å². The van der Waals surface area contributed by atoms with Crippen molar-refractivity contribution >= 4 is 5.84 Å². The minimum Gasteiger partial charge on any atom is -0.483 e. The number of benzene rings is 1. The zero-order chi connectivity index (χ0) is 10.6. The van der Waals surface area contributed by atoms with Gasteiger partial charge in [0.2, 0.25) is 0 Å². The summed E-state index contributed by atoms with van der Waals surface area (Å²) in [6, 6.07) is 7.58. The third-order valence-electron chi connectivity index (χ3n) is 1.83. The topological polar surface area (TPSA) is 67.8 Å². The molecule has 0 aromatic heterocycles. The lowest BCUT2D eigenvalue weighted by Crippen LogP contribution is -2.31. The van der Waals surface area contributed by atoms with Crippen LogP contribution >= 0.6 is 0 Å². The molecule has 0 aliphatic carbocycles. The van der Waals surface area contributed by atoms with Gasteiger partial charge in [0.1, 0.15) is 5.75 Å².